The SMILES string of the molecule is CC(C)(C)S(=O)(=O)NC(=O)[C@@]1(NC(=O)CCCNC(=O)c2ccc(Nc3nc(NC4(c5ccc(Cl)cc5)CC4)nc(OCC(F)(F)F)n3)cc2)C[C@H]1C1CC1(F)F. The molecule has 5 N–H and O–H groups in total. The molecule has 0 radical (unpaired) electrons. The van der Waals surface area contributed by atoms with Crippen molar-refractivity contribution in [2.45, 2.75) is 87.2 Å². The number of carbonyl (C=O) groups is 3. The summed E-state index contributed by atoms with van der Waals surface area (Å²) in [6.07, 6.45) is -3.92. The molecule has 308 valence electrons. The van der Waals surface area contributed by atoms with Crippen molar-refractivity contribution in [3.05, 3.63) is 64.7 Å². The van der Waals surface area contributed by atoms with Crippen LogP contribution in [0.25, 0.3) is 0 Å². The van der Waals surface area contributed by atoms with Crippen LogP contribution < -0.4 is 30.7 Å². The summed E-state index contributed by atoms with van der Waals surface area (Å²) in [5, 5.41) is 11.7. The first-order valence-electron chi connectivity index (χ1n) is 17.9. The number of alkyl halides is 5. The maximum Gasteiger partial charge on any atom is 0.422 e. The van der Waals surface area contributed by atoms with Crippen LogP contribution in [0.5, 0.6) is 6.01 Å². The number of nitrogens with one attached hydrogen (secondary N) is 5. The predicted molar refractivity (Wildman–Crippen MR) is 198 cm³/mol. The summed E-state index contributed by atoms with van der Waals surface area (Å²) >= 11 is 6.02. The van der Waals surface area contributed by atoms with Gasteiger partial charge in [0.1, 0.15) is 5.54 Å². The van der Waals surface area contributed by atoms with Crippen LogP contribution in [-0.2, 0) is 25.2 Å². The van der Waals surface area contributed by atoms with Crippen LogP contribution in [-0.4, -0.2) is 76.6 Å². The first-order chi connectivity index (χ1) is 26.5. The fourth-order valence-corrected chi connectivity index (χ4v) is 7.10. The van der Waals surface area contributed by atoms with E-state index in [-0.39, 0.29) is 43.3 Å². The molecular weight excluding hydrogens is 803 g/mol. The quantitative estimate of drug-likeness (QED) is 0.0892. The molecule has 3 aliphatic carbocycles. The predicted octanol–water partition coefficient (Wildman–Crippen LogP) is 5.60. The number of sulfonamides is 1. The van der Waals surface area contributed by atoms with Gasteiger partial charge in [0, 0.05) is 47.5 Å². The highest BCUT2D eigenvalue weighted by Gasteiger charge is 2.75. The Balaban J connectivity index is 1.03. The van der Waals surface area contributed by atoms with E-state index in [4.69, 9.17) is 16.3 Å². The maximum absolute atomic E-state index is 13.9. The molecule has 57 heavy (non-hydrogen) atoms. The van der Waals surface area contributed by atoms with Crippen molar-refractivity contribution in [2.24, 2.45) is 11.8 Å². The van der Waals surface area contributed by atoms with Gasteiger partial charge in [-0.2, -0.15) is 28.1 Å². The highest BCUT2D eigenvalue weighted by atomic mass is 35.5. The second kappa shape index (κ2) is 15.1. The van der Waals surface area contributed by atoms with Crippen molar-refractivity contribution in [1.82, 2.24) is 30.3 Å². The Kier molecular flexibility index (Phi) is 11.1. The Morgan fingerprint density at radius 2 is 1.54 bits per heavy atom. The number of nitrogens with zero attached hydrogens (tertiary/aromatic N) is 3. The lowest BCUT2D eigenvalue weighted by Crippen LogP contribution is -2.54. The van der Waals surface area contributed by atoms with Crippen molar-refractivity contribution in [2.75, 3.05) is 23.8 Å². The second-order valence-electron chi connectivity index (χ2n) is 15.4. The average molecular weight is 843 g/mol. The van der Waals surface area contributed by atoms with Crippen LogP contribution >= 0.6 is 11.6 Å². The van der Waals surface area contributed by atoms with Crippen LogP contribution in [0.15, 0.2) is 48.5 Å². The molecule has 1 unspecified atom stereocenters. The van der Waals surface area contributed by atoms with Crippen LogP contribution in [0.1, 0.15) is 75.2 Å². The number of ether oxygens (including phenoxy) is 1. The Morgan fingerprint density at radius 1 is 0.912 bits per heavy atom. The first kappa shape index (κ1) is 41.8. The number of rotatable bonds is 16. The molecule has 21 heteroatoms. The Hall–Kier alpha value is -4.85. The maximum atomic E-state index is 13.9. The molecule has 3 amide bonds. The number of hydrogen-bond acceptors (Lipinski definition) is 11. The van der Waals surface area contributed by atoms with Gasteiger partial charge in [0.05, 0.1) is 10.3 Å². The molecule has 0 spiro atoms. The van der Waals surface area contributed by atoms with Gasteiger partial charge in [-0.25, -0.2) is 17.2 Å². The smallest absolute Gasteiger partial charge is 0.422 e. The van der Waals surface area contributed by atoms with Gasteiger partial charge >= 0.3 is 12.2 Å². The van der Waals surface area contributed by atoms with Crippen LogP contribution in [0.2, 0.25) is 5.02 Å². The van der Waals surface area contributed by atoms with Gasteiger partial charge < -0.3 is 26.0 Å². The zero-order chi connectivity index (χ0) is 41.6. The zero-order valence-corrected chi connectivity index (χ0v) is 32.5. The third kappa shape index (κ3) is 10.0. The molecule has 3 atom stereocenters. The molecule has 1 heterocycles. The van der Waals surface area contributed by atoms with E-state index in [2.05, 4.69) is 36.2 Å². The van der Waals surface area contributed by atoms with Gasteiger partial charge in [0.25, 0.3) is 17.7 Å². The summed E-state index contributed by atoms with van der Waals surface area (Å²) in [6.45, 7) is 2.49. The van der Waals surface area contributed by atoms with E-state index in [9.17, 15) is 44.8 Å². The van der Waals surface area contributed by atoms with Gasteiger partial charge in [-0.1, -0.05) is 23.7 Å². The average Bonchev–Trinajstić information content (AvgIpc) is 4.06. The fraction of sp³-hybridized carbons (Fsp3) is 0.500. The summed E-state index contributed by atoms with van der Waals surface area (Å²) in [5.74, 6) is -7.47. The molecule has 3 saturated carbocycles. The Labute approximate surface area is 329 Å². The van der Waals surface area contributed by atoms with E-state index in [0.717, 1.165) is 5.56 Å². The van der Waals surface area contributed by atoms with Gasteiger partial charge in [-0.3, -0.25) is 19.1 Å². The minimum Gasteiger partial charge on any atom is -0.454 e. The highest BCUT2D eigenvalue weighted by Crippen LogP contribution is 2.64. The lowest BCUT2D eigenvalue weighted by Gasteiger charge is -2.24. The number of benzene rings is 2. The number of halogens is 6. The number of amides is 3. The van der Waals surface area contributed by atoms with Crippen molar-refractivity contribution in [3.8, 4) is 6.01 Å². The number of anilines is 3. The summed E-state index contributed by atoms with van der Waals surface area (Å²) < 4.78 is 97.2. The van der Waals surface area contributed by atoms with E-state index < -0.39 is 86.5 Å². The standard InChI is InChI=1S/C36H40ClF5N8O6S/c1-32(2,3)57(54,55)50-28(53)34(17-24(34)25-18-35(25,38)39)48-26(51)5-4-16-43-27(52)20-6-12-23(13-7-20)44-29-45-30(47-31(46-29)56-19-36(40,41)42)49-33(14-15-33)21-8-10-22(37)11-9-21/h6-13,24-25H,4-5,14-19H2,1-3H3,(H,43,52)(H,48,51)(H,50,53)(H2,44,45,46,47,49)/t24-,25?,34+/m0/s1. The lowest BCUT2D eigenvalue weighted by molar-refractivity contribution is -0.154. The van der Waals surface area contributed by atoms with E-state index in [1.807, 2.05) is 16.9 Å². The van der Waals surface area contributed by atoms with E-state index in [1.165, 1.54) is 45.0 Å². The van der Waals surface area contributed by atoms with E-state index in [1.54, 1.807) is 12.1 Å². The second-order valence-corrected chi connectivity index (χ2v) is 18.3. The fourth-order valence-electron chi connectivity index (χ4n) is 6.24. The van der Waals surface area contributed by atoms with Crippen LogP contribution in [0, 0.1) is 11.8 Å². The van der Waals surface area contributed by atoms with E-state index >= 15 is 0 Å². The van der Waals surface area contributed by atoms with Crippen LogP contribution in [0.3, 0.4) is 0 Å². The number of aromatic nitrogens is 3. The number of hydrogen-bond donors (Lipinski definition) is 5. The van der Waals surface area contributed by atoms with Crippen molar-refractivity contribution in [1.29, 1.82) is 0 Å². The Bertz CT molecular complexity index is 2130. The molecule has 3 aromatic rings. The van der Waals surface area contributed by atoms with Crippen molar-refractivity contribution >= 4 is 56.9 Å². The largest absolute Gasteiger partial charge is 0.454 e. The number of carbonyl (C=O) groups excluding carboxylic acids is 3. The summed E-state index contributed by atoms with van der Waals surface area (Å²) in [4.78, 5) is 51.1. The minimum atomic E-state index is -4.64. The molecule has 3 fully saturated rings. The first-order valence-corrected chi connectivity index (χ1v) is 19.8. The van der Waals surface area contributed by atoms with E-state index in [0.29, 0.717) is 23.6 Å². The monoisotopic (exact) mass is 842 g/mol. The minimum absolute atomic E-state index is 0.0207. The zero-order valence-electron chi connectivity index (χ0n) is 30.9. The summed E-state index contributed by atoms with van der Waals surface area (Å²) in [7, 11) is -4.18. The third-order valence-corrected chi connectivity index (χ3v) is 12.2. The Morgan fingerprint density at radius 3 is 2.12 bits per heavy atom. The molecular formula is C36H40ClF5N8O6S. The molecule has 6 rings (SSSR count). The topological polar surface area (TPSA) is 193 Å². The molecule has 1 aromatic heterocycles. The molecule has 3 aliphatic rings. The van der Waals surface area contributed by atoms with Crippen LogP contribution in [0.4, 0.5) is 39.5 Å². The lowest BCUT2D eigenvalue weighted by atomic mass is 10.1. The molecule has 0 aliphatic heterocycles. The molecule has 0 bridgehead atoms. The van der Waals surface area contributed by atoms with Gasteiger partial charge in [-0.05, 0) is 88.4 Å². The van der Waals surface area contributed by atoms with Crippen molar-refractivity contribution in [3.63, 3.8) is 0 Å². The summed E-state index contributed by atoms with van der Waals surface area (Å²) in [6, 6.07) is 12.5. The van der Waals surface area contributed by atoms with Gasteiger partial charge in [-0.15, -0.1) is 0 Å². The molecule has 0 saturated heterocycles. The molecule has 2 aromatic carbocycles. The molecule has 14 nitrogen and oxygen atoms in total. The summed E-state index contributed by atoms with van der Waals surface area (Å²) in [5.41, 5.74) is -0.867. The third-order valence-electron chi connectivity index (χ3n) is 9.92. The normalized spacial score (nSPS) is 21.8. The van der Waals surface area contributed by atoms with Gasteiger partial charge in [0.15, 0.2) is 6.61 Å². The van der Waals surface area contributed by atoms with Crippen molar-refractivity contribution < 1.29 is 49.5 Å². The highest BCUT2D eigenvalue weighted by molar-refractivity contribution is 7.91. The van der Waals surface area contributed by atoms with Gasteiger partial charge in [0.2, 0.25) is 27.8 Å².